The average molecular weight is 376 g/mol. The van der Waals surface area contributed by atoms with Gasteiger partial charge in [0.1, 0.15) is 0 Å². The summed E-state index contributed by atoms with van der Waals surface area (Å²) < 4.78 is 0. The average Bonchev–Trinajstić information content (AvgIpc) is 2.30. The van der Waals surface area contributed by atoms with Crippen molar-refractivity contribution in [3.8, 4) is 0 Å². The number of unbranched alkanes of at least 4 members (excludes halogenated alkanes) is 1. The van der Waals surface area contributed by atoms with E-state index in [1.54, 1.807) is 30.3 Å². The Bertz CT molecular complexity index is 389. The van der Waals surface area contributed by atoms with Crippen molar-refractivity contribution in [3.05, 3.63) is 35.9 Å². The Balaban J connectivity index is 0.00000289. The number of aliphatic carboxylic acids is 2. The van der Waals surface area contributed by atoms with Crippen LogP contribution in [0.2, 0.25) is 0 Å². The van der Waals surface area contributed by atoms with Crippen LogP contribution in [0.5, 0.6) is 0 Å². The summed E-state index contributed by atoms with van der Waals surface area (Å²) in [6.07, 6.45) is 1.43. The van der Waals surface area contributed by atoms with Crippen molar-refractivity contribution in [1.29, 1.82) is 0 Å². The predicted octanol–water partition coefficient (Wildman–Crippen LogP) is 1.37. The topological polar surface area (TPSA) is 74.6 Å². The minimum atomic E-state index is -1.82. The molecule has 0 unspecified atom stereocenters. The third-order valence-electron chi connectivity index (χ3n) is 2.90. The van der Waals surface area contributed by atoms with E-state index in [4.69, 9.17) is 0 Å². The number of hydrogen-bond donors (Lipinski definition) is 2. The van der Waals surface area contributed by atoms with Crippen LogP contribution in [0.1, 0.15) is 31.7 Å². The molecule has 0 aliphatic carbocycles. The van der Waals surface area contributed by atoms with Gasteiger partial charge < -0.3 is 10.2 Å². The first-order chi connectivity index (χ1) is 8.05. The number of carboxylic acids is 2. The van der Waals surface area contributed by atoms with Gasteiger partial charge in [-0.25, -0.2) is 0 Å². The van der Waals surface area contributed by atoms with Crippen molar-refractivity contribution in [2.24, 2.45) is 0 Å². The first-order valence-corrected chi connectivity index (χ1v) is 5.58. The van der Waals surface area contributed by atoms with Gasteiger partial charge in [0.05, 0.1) is 0 Å². The van der Waals surface area contributed by atoms with Crippen molar-refractivity contribution < 1.29 is 19.8 Å². The molecule has 0 atom stereocenters. The van der Waals surface area contributed by atoms with Crippen LogP contribution in [-0.4, -0.2) is 71.0 Å². The van der Waals surface area contributed by atoms with E-state index in [-0.39, 0.29) is 55.3 Å². The predicted molar refractivity (Wildman–Crippen MR) is 71.5 cm³/mol. The van der Waals surface area contributed by atoms with E-state index in [1.165, 1.54) is 0 Å². The number of hydrogen-bond acceptors (Lipinski definition) is 2. The van der Waals surface area contributed by atoms with Crippen LogP contribution in [-0.2, 0) is 15.0 Å². The molecule has 0 amide bonds. The molecule has 2 N–H and O–H groups in total. The molecule has 0 bridgehead atoms. The molecule has 1 aromatic carbocycles. The summed E-state index contributed by atoms with van der Waals surface area (Å²) in [6, 6.07) is 8.15. The van der Waals surface area contributed by atoms with Gasteiger partial charge in [-0.1, -0.05) is 50.1 Å². The van der Waals surface area contributed by atoms with Gasteiger partial charge in [0.25, 0.3) is 0 Å². The van der Waals surface area contributed by atoms with Crippen LogP contribution >= 0.6 is 0 Å². The van der Waals surface area contributed by atoms with Gasteiger partial charge >= 0.3 is 60.8 Å². The Labute approximate surface area is 146 Å². The van der Waals surface area contributed by atoms with Gasteiger partial charge in [-0.15, -0.1) is 0 Å². The van der Waals surface area contributed by atoms with E-state index < -0.39 is 17.4 Å². The first kappa shape index (κ1) is 17.7. The molecule has 0 spiro atoms. The molecule has 1 aromatic rings. The molecular formula is C13H18BaO4. The van der Waals surface area contributed by atoms with Gasteiger partial charge in [0.2, 0.25) is 0 Å². The zero-order valence-corrected chi connectivity index (χ0v) is 9.72. The summed E-state index contributed by atoms with van der Waals surface area (Å²) in [6.45, 7) is 1.90. The second kappa shape index (κ2) is 8.01. The maximum atomic E-state index is 11.4. The monoisotopic (exact) mass is 376 g/mol. The number of rotatable bonds is 6. The third kappa shape index (κ3) is 3.61. The Morgan fingerprint density at radius 3 is 2.00 bits per heavy atom. The summed E-state index contributed by atoms with van der Waals surface area (Å²) in [4.78, 5) is 22.8. The molecule has 0 heterocycles. The molecule has 0 saturated carbocycles. The number of carboxylic acid groups (broad SMARTS) is 2. The van der Waals surface area contributed by atoms with E-state index in [1.807, 2.05) is 6.92 Å². The van der Waals surface area contributed by atoms with Crippen molar-refractivity contribution in [3.63, 3.8) is 0 Å². The molecule has 1 rings (SSSR count). The summed E-state index contributed by atoms with van der Waals surface area (Å²) in [5.74, 6) is -2.60. The van der Waals surface area contributed by atoms with Crippen LogP contribution in [0.3, 0.4) is 0 Å². The maximum absolute atomic E-state index is 11.4. The zero-order valence-electron chi connectivity index (χ0n) is 9.72. The molecule has 0 saturated heterocycles. The standard InChI is InChI=1S/C13H16O4.Ba.2H/c1-2-3-9-13(11(14)15,12(16)17)10-7-5-4-6-8-10;;;/h4-8H,2-3,9H2,1H3,(H,14,15)(H,16,17);;;. The van der Waals surface area contributed by atoms with Crippen LogP contribution in [0.4, 0.5) is 0 Å². The molecule has 4 nitrogen and oxygen atoms in total. The molecule has 0 aromatic heterocycles. The van der Waals surface area contributed by atoms with E-state index in [9.17, 15) is 19.8 Å². The Morgan fingerprint density at radius 1 is 1.11 bits per heavy atom. The fourth-order valence-corrected chi connectivity index (χ4v) is 1.86. The zero-order chi connectivity index (χ0) is 12.9. The number of benzene rings is 1. The minimum absolute atomic E-state index is 0. The van der Waals surface area contributed by atoms with Crippen molar-refractivity contribution in [2.45, 2.75) is 31.6 Å². The first-order valence-electron chi connectivity index (χ1n) is 5.58. The third-order valence-corrected chi connectivity index (χ3v) is 2.90. The molecule has 0 fully saturated rings. The van der Waals surface area contributed by atoms with Crippen LogP contribution in [0.15, 0.2) is 30.3 Å². The van der Waals surface area contributed by atoms with Crippen LogP contribution < -0.4 is 0 Å². The van der Waals surface area contributed by atoms with Gasteiger partial charge in [-0.05, 0) is 12.0 Å². The van der Waals surface area contributed by atoms with Gasteiger partial charge in [0, 0.05) is 0 Å². The molecule has 5 heteroatoms. The number of carbonyl (C=O) groups is 2. The van der Waals surface area contributed by atoms with Crippen molar-refractivity contribution in [2.75, 3.05) is 0 Å². The molecule has 96 valence electrons. The van der Waals surface area contributed by atoms with Gasteiger partial charge in [0.15, 0.2) is 5.41 Å². The van der Waals surface area contributed by atoms with Crippen LogP contribution in [0.25, 0.3) is 0 Å². The SMILES string of the molecule is CCCCC(C(=O)O)(C(=O)O)c1ccccc1.[BaH2]. The molecule has 0 aliphatic heterocycles. The van der Waals surface area contributed by atoms with E-state index in [2.05, 4.69) is 0 Å². The fourth-order valence-electron chi connectivity index (χ4n) is 1.86. The summed E-state index contributed by atoms with van der Waals surface area (Å²) >= 11 is 0. The Kier molecular flexibility index (Phi) is 7.89. The molecule has 18 heavy (non-hydrogen) atoms. The van der Waals surface area contributed by atoms with Crippen LogP contribution in [0, 0.1) is 0 Å². The van der Waals surface area contributed by atoms with E-state index in [0.29, 0.717) is 12.0 Å². The van der Waals surface area contributed by atoms with E-state index >= 15 is 0 Å². The Hall–Kier alpha value is -0.269. The summed E-state index contributed by atoms with van der Waals surface area (Å²) in [7, 11) is 0. The Morgan fingerprint density at radius 2 is 1.61 bits per heavy atom. The molecular weight excluding hydrogens is 357 g/mol. The molecule has 0 radical (unpaired) electrons. The summed E-state index contributed by atoms with van der Waals surface area (Å²) in [5, 5.41) is 18.6. The van der Waals surface area contributed by atoms with Gasteiger partial charge in [-0.3, -0.25) is 9.59 Å². The quantitative estimate of drug-likeness (QED) is 0.582. The fraction of sp³-hybridized carbons (Fsp3) is 0.385. The normalized spacial score (nSPS) is 10.5. The van der Waals surface area contributed by atoms with Crippen molar-refractivity contribution in [1.82, 2.24) is 0 Å². The second-order valence-electron chi connectivity index (χ2n) is 3.99. The van der Waals surface area contributed by atoms with Crippen molar-refractivity contribution >= 4 is 60.8 Å². The van der Waals surface area contributed by atoms with Gasteiger partial charge in [-0.2, -0.15) is 0 Å². The molecule has 0 aliphatic rings. The summed E-state index contributed by atoms with van der Waals surface area (Å²) in [5.41, 5.74) is -1.49. The second-order valence-corrected chi connectivity index (χ2v) is 3.99. The van der Waals surface area contributed by atoms with E-state index in [0.717, 1.165) is 6.42 Å².